The first-order chi connectivity index (χ1) is 22.6. The molecule has 7 aromatic rings. The van der Waals surface area contributed by atoms with Gasteiger partial charge < -0.3 is 14.7 Å². The summed E-state index contributed by atoms with van der Waals surface area (Å²) in [4.78, 5) is 23.4. The van der Waals surface area contributed by atoms with Gasteiger partial charge in [-0.05, 0) is 71.3 Å². The Morgan fingerprint density at radius 2 is 1.17 bits per heavy atom. The number of rotatable bonds is 8. The lowest BCUT2D eigenvalue weighted by Crippen LogP contribution is -2.09. The average molecular weight is 653 g/mol. The summed E-state index contributed by atoms with van der Waals surface area (Å²) in [7, 11) is -2.44. The molecule has 2 aromatic heterocycles. The van der Waals surface area contributed by atoms with Crippen LogP contribution in [0.2, 0.25) is 0 Å². The van der Waals surface area contributed by atoms with Gasteiger partial charge in [0.1, 0.15) is 22.4 Å². The summed E-state index contributed by atoms with van der Waals surface area (Å²) in [5.74, 6) is 0. The van der Waals surface area contributed by atoms with E-state index in [4.69, 9.17) is 5.26 Å². The second-order valence-corrected chi connectivity index (χ2v) is 13.1. The number of anilines is 3. The van der Waals surface area contributed by atoms with Crippen molar-refractivity contribution in [2.45, 2.75) is 0 Å². The van der Waals surface area contributed by atoms with Crippen molar-refractivity contribution in [2.24, 2.45) is 0 Å². The number of hydrogen-bond acceptors (Lipinski definition) is 8. The van der Waals surface area contributed by atoms with Gasteiger partial charge in [0.2, 0.25) is 8.38 Å². The highest BCUT2D eigenvalue weighted by Gasteiger charge is 2.17. The van der Waals surface area contributed by atoms with Crippen LogP contribution in [0, 0.1) is 11.3 Å². The molecular weight excluding hydrogens is 628 g/mol. The molecule has 9 heteroatoms. The SMILES string of the molecule is N#C/C(=C/c1ccc(-c2ccc(-c3ccc(-c4ccc(N(c5ccccc5)c5ccccc5)cc4)s3)c3nsnc23)cc1)P(O)O. The Morgan fingerprint density at radius 1 is 0.630 bits per heavy atom. The molecule has 0 amide bonds. The Balaban J connectivity index is 1.17. The van der Waals surface area contributed by atoms with E-state index < -0.39 is 8.38 Å². The standard InChI is InChI=1S/C37H25N4O2PS2/c38-24-31(44(42)43)23-25-11-13-26(14-12-25)32-19-20-33(37-36(32)39-46-40-37)35-22-21-34(45-35)27-15-17-30(18-16-27)41(28-7-3-1-4-8-28)29-9-5-2-6-10-29/h1-23,42-43H/b31-23-. The number of hydrogen-bond donors (Lipinski definition) is 2. The van der Waals surface area contributed by atoms with Crippen LogP contribution in [0.5, 0.6) is 0 Å². The minimum absolute atomic E-state index is 0.0502. The Labute approximate surface area is 275 Å². The highest BCUT2D eigenvalue weighted by Crippen LogP contribution is 2.41. The summed E-state index contributed by atoms with van der Waals surface area (Å²) in [6, 6.07) is 47.4. The molecule has 46 heavy (non-hydrogen) atoms. The summed E-state index contributed by atoms with van der Waals surface area (Å²) in [5.41, 5.74) is 9.81. The van der Waals surface area contributed by atoms with Crippen molar-refractivity contribution in [3.05, 3.63) is 144 Å². The molecule has 0 aliphatic heterocycles. The van der Waals surface area contributed by atoms with Crippen molar-refractivity contribution in [1.29, 1.82) is 5.26 Å². The molecule has 6 nitrogen and oxygen atoms in total. The maximum atomic E-state index is 9.41. The number of aromatic nitrogens is 2. The van der Waals surface area contributed by atoms with Crippen LogP contribution < -0.4 is 4.90 Å². The number of nitriles is 1. The third kappa shape index (κ3) is 5.99. The largest absolute Gasteiger partial charge is 0.346 e. The number of thiophene rings is 1. The minimum atomic E-state index is -2.44. The molecule has 0 aliphatic carbocycles. The van der Waals surface area contributed by atoms with Crippen molar-refractivity contribution in [1.82, 2.24) is 8.75 Å². The van der Waals surface area contributed by atoms with Crippen molar-refractivity contribution in [3.63, 3.8) is 0 Å². The van der Waals surface area contributed by atoms with Crippen molar-refractivity contribution < 1.29 is 9.79 Å². The third-order valence-corrected chi connectivity index (χ3v) is 9.94. The van der Waals surface area contributed by atoms with Gasteiger partial charge in [-0.25, -0.2) is 0 Å². The Kier molecular flexibility index (Phi) is 8.49. The van der Waals surface area contributed by atoms with E-state index in [-0.39, 0.29) is 5.31 Å². The normalized spacial score (nSPS) is 11.6. The number of fused-ring (bicyclic) bond motifs is 1. The second-order valence-electron chi connectivity index (χ2n) is 10.4. The molecule has 0 aliphatic rings. The minimum Gasteiger partial charge on any atom is -0.346 e. The van der Waals surface area contributed by atoms with Gasteiger partial charge in [0, 0.05) is 37.9 Å². The van der Waals surface area contributed by atoms with E-state index in [0.717, 1.165) is 55.2 Å². The number of nitrogens with zero attached hydrogens (tertiary/aromatic N) is 4. The molecule has 0 unspecified atom stereocenters. The zero-order valence-corrected chi connectivity index (χ0v) is 26.8. The first kappa shape index (κ1) is 29.7. The number of para-hydroxylation sites is 2. The Morgan fingerprint density at radius 3 is 1.78 bits per heavy atom. The van der Waals surface area contributed by atoms with E-state index in [1.807, 2.05) is 42.5 Å². The lowest BCUT2D eigenvalue weighted by Gasteiger charge is -2.25. The molecule has 0 saturated heterocycles. The van der Waals surface area contributed by atoms with Gasteiger partial charge in [-0.1, -0.05) is 84.9 Å². The van der Waals surface area contributed by atoms with Crippen LogP contribution in [0.4, 0.5) is 17.1 Å². The van der Waals surface area contributed by atoms with Gasteiger partial charge in [-0.3, -0.25) is 0 Å². The summed E-state index contributed by atoms with van der Waals surface area (Å²) in [6.45, 7) is 0. The molecular formula is C37H25N4O2PS2. The lowest BCUT2D eigenvalue weighted by atomic mass is 9.99. The molecule has 0 saturated carbocycles. The highest BCUT2D eigenvalue weighted by atomic mass is 32.1. The van der Waals surface area contributed by atoms with Crippen LogP contribution in [0.1, 0.15) is 5.56 Å². The summed E-state index contributed by atoms with van der Waals surface area (Å²) < 4.78 is 9.31. The first-order valence-electron chi connectivity index (χ1n) is 14.4. The smallest absolute Gasteiger partial charge is 0.210 e. The van der Waals surface area contributed by atoms with Gasteiger partial charge in [-0.2, -0.15) is 14.0 Å². The molecule has 222 valence electrons. The van der Waals surface area contributed by atoms with Crippen LogP contribution >= 0.6 is 31.4 Å². The number of allylic oxidation sites excluding steroid dienone is 1. The Hall–Kier alpha value is -5.00. The van der Waals surface area contributed by atoms with Crippen LogP contribution in [0.25, 0.3) is 49.1 Å². The first-order valence-corrected chi connectivity index (χ1v) is 17.1. The van der Waals surface area contributed by atoms with Gasteiger partial charge >= 0.3 is 0 Å². The molecule has 0 fully saturated rings. The van der Waals surface area contributed by atoms with E-state index in [9.17, 15) is 9.79 Å². The molecule has 2 heterocycles. The predicted octanol–water partition coefficient (Wildman–Crippen LogP) is 10.4. The van der Waals surface area contributed by atoms with E-state index in [2.05, 4.69) is 111 Å². The topological polar surface area (TPSA) is 93.3 Å². The number of benzene rings is 5. The third-order valence-electron chi connectivity index (χ3n) is 7.58. The predicted molar refractivity (Wildman–Crippen MR) is 191 cm³/mol. The zero-order chi connectivity index (χ0) is 31.5. The molecule has 7 rings (SSSR count). The van der Waals surface area contributed by atoms with Crippen LogP contribution in [-0.4, -0.2) is 18.5 Å². The van der Waals surface area contributed by atoms with Crippen LogP contribution in [0.3, 0.4) is 0 Å². The second kappa shape index (κ2) is 13.2. The van der Waals surface area contributed by atoms with E-state index >= 15 is 0 Å². The molecule has 2 N–H and O–H groups in total. The molecule has 0 bridgehead atoms. The van der Waals surface area contributed by atoms with E-state index in [1.54, 1.807) is 11.3 Å². The fourth-order valence-corrected chi connectivity index (χ4v) is 7.33. The van der Waals surface area contributed by atoms with Crippen molar-refractivity contribution >= 4 is 65.6 Å². The zero-order valence-electron chi connectivity index (χ0n) is 24.2. The van der Waals surface area contributed by atoms with Crippen molar-refractivity contribution in [2.75, 3.05) is 4.90 Å². The monoisotopic (exact) mass is 652 g/mol. The summed E-state index contributed by atoms with van der Waals surface area (Å²) in [5, 5.41) is 9.09. The molecule has 0 spiro atoms. The molecule has 0 radical (unpaired) electrons. The van der Waals surface area contributed by atoms with Gasteiger partial charge in [-0.15, -0.1) is 11.3 Å². The maximum Gasteiger partial charge on any atom is 0.210 e. The van der Waals surface area contributed by atoms with Crippen molar-refractivity contribution in [3.8, 4) is 38.1 Å². The maximum absolute atomic E-state index is 9.41. The Bertz CT molecular complexity index is 2150. The fourth-order valence-electron chi connectivity index (χ4n) is 5.36. The van der Waals surface area contributed by atoms with Gasteiger partial charge in [0.05, 0.1) is 11.7 Å². The van der Waals surface area contributed by atoms with Crippen LogP contribution in [-0.2, 0) is 0 Å². The molecule has 5 aromatic carbocycles. The fraction of sp³-hybridized carbons (Fsp3) is 0. The summed E-state index contributed by atoms with van der Waals surface area (Å²) >= 11 is 2.92. The molecule has 0 atom stereocenters. The average Bonchev–Trinajstić information content (AvgIpc) is 3.80. The summed E-state index contributed by atoms with van der Waals surface area (Å²) in [6.07, 6.45) is 1.49. The quantitative estimate of drug-likeness (QED) is 0.125. The highest BCUT2D eigenvalue weighted by molar-refractivity contribution is 7.50. The van der Waals surface area contributed by atoms with E-state index in [1.165, 1.54) is 22.7 Å². The van der Waals surface area contributed by atoms with E-state index in [0.29, 0.717) is 5.56 Å². The van der Waals surface area contributed by atoms with Crippen LogP contribution in [0.15, 0.2) is 139 Å². The lowest BCUT2D eigenvalue weighted by molar-refractivity contribution is 0.494. The van der Waals surface area contributed by atoms with Gasteiger partial charge in [0.25, 0.3) is 0 Å². The van der Waals surface area contributed by atoms with Gasteiger partial charge in [0.15, 0.2) is 0 Å².